The van der Waals surface area contributed by atoms with Crippen LogP contribution in [0.1, 0.15) is 16.8 Å². The molecule has 0 spiro atoms. The summed E-state index contributed by atoms with van der Waals surface area (Å²) in [6.07, 6.45) is 0.724. The van der Waals surface area contributed by atoms with Crippen LogP contribution in [0, 0.1) is 0 Å². The fourth-order valence-corrected chi connectivity index (χ4v) is 2.42. The molecule has 6 nitrogen and oxygen atoms in total. The molecule has 1 aromatic carbocycles. The summed E-state index contributed by atoms with van der Waals surface area (Å²) in [7, 11) is 1.54. The molecule has 114 valence electrons. The maximum atomic E-state index is 12.4. The van der Waals surface area contributed by atoms with Crippen molar-refractivity contribution in [2.24, 2.45) is 0 Å². The van der Waals surface area contributed by atoms with Gasteiger partial charge >= 0.3 is 0 Å². The van der Waals surface area contributed by atoms with Gasteiger partial charge in [-0.3, -0.25) is 4.79 Å². The Kier molecular flexibility index (Phi) is 4.18. The van der Waals surface area contributed by atoms with Gasteiger partial charge in [0.1, 0.15) is 6.10 Å². The predicted octanol–water partition coefficient (Wildman–Crippen LogP) is 1.78. The Labute approximate surface area is 128 Å². The van der Waals surface area contributed by atoms with Gasteiger partial charge in [0.25, 0.3) is 5.91 Å². The zero-order valence-electron chi connectivity index (χ0n) is 12.3. The lowest BCUT2D eigenvalue weighted by Crippen LogP contribution is -2.31. The normalized spacial score (nSPS) is 17.3. The molecule has 1 aliphatic heterocycles. The average Bonchev–Trinajstić information content (AvgIpc) is 3.04. The predicted molar refractivity (Wildman–Crippen MR) is 80.0 cm³/mol. The molecule has 1 aromatic heterocycles. The van der Waals surface area contributed by atoms with Crippen molar-refractivity contribution >= 4 is 5.91 Å². The summed E-state index contributed by atoms with van der Waals surface area (Å²) in [6.45, 7) is 1.24. The molecule has 2 aromatic rings. The highest BCUT2D eigenvalue weighted by Gasteiger charge is 2.28. The summed E-state index contributed by atoms with van der Waals surface area (Å²) in [5, 5.41) is 7.80. The van der Waals surface area contributed by atoms with Crippen LogP contribution in [0.4, 0.5) is 0 Å². The number of rotatable bonds is 4. The first-order chi connectivity index (χ1) is 10.8. The van der Waals surface area contributed by atoms with Crippen molar-refractivity contribution in [2.45, 2.75) is 12.5 Å². The van der Waals surface area contributed by atoms with Crippen molar-refractivity contribution < 1.29 is 14.3 Å². The highest BCUT2D eigenvalue weighted by molar-refractivity contribution is 5.94. The minimum absolute atomic E-state index is 0.0347. The molecule has 1 aliphatic rings. The minimum atomic E-state index is -0.0599. The molecular formula is C16H17N3O3. The Bertz CT molecular complexity index is 631. The van der Waals surface area contributed by atoms with Crippen LogP contribution < -0.4 is 9.47 Å². The van der Waals surface area contributed by atoms with Crippen molar-refractivity contribution in [3.05, 3.63) is 48.0 Å². The van der Waals surface area contributed by atoms with E-state index >= 15 is 0 Å². The van der Waals surface area contributed by atoms with Crippen molar-refractivity contribution in [2.75, 3.05) is 20.2 Å². The smallest absolute Gasteiger partial charge is 0.253 e. The number of hydrogen-bond donors (Lipinski definition) is 0. The SMILES string of the molecule is COc1ccc(OC2CCN(C(=O)c3ccccc3)C2)nn1. The molecule has 0 N–H and O–H groups in total. The monoisotopic (exact) mass is 299 g/mol. The van der Waals surface area contributed by atoms with E-state index in [9.17, 15) is 4.79 Å². The molecule has 0 aliphatic carbocycles. The summed E-state index contributed by atoms with van der Waals surface area (Å²) in [6, 6.07) is 12.7. The largest absolute Gasteiger partial charge is 0.480 e. The van der Waals surface area contributed by atoms with Crippen LogP contribution in [0.25, 0.3) is 0 Å². The molecule has 3 rings (SSSR count). The number of amides is 1. The quantitative estimate of drug-likeness (QED) is 0.861. The van der Waals surface area contributed by atoms with Crippen molar-refractivity contribution in [3.8, 4) is 11.8 Å². The maximum Gasteiger partial charge on any atom is 0.253 e. The molecule has 0 saturated carbocycles. The lowest BCUT2D eigenvalue weighted by molar-refractivity contribution is 0.0771. The number of carbonyl (C=O) groups excluding carboxylic acids is 1. The molecule has 2 heterocycles. The van der Waals surface area contributed by atoms with Gasteiger partial charge in [-0.1, -0.05) is 18.2 Å². The molecule has 0 bridgehead atoms. The van der Waals surface area contributed by atoms with E-state index in [0.29, 0.717) is 30.4 Å². The van der Waals surface area contributed by atoms with Gasteiger partial charge in [-0.05, 0) is 12.1 Å². The van der Waals surface area contributed by atoms with Crippen LogP contribution in [0.15, 0.2) is 42.5 Å². The zero-order valence-corrected chi connectivity index (χ0v) is 12.3. The molecule has 1 atom stereocenters. The fraction of sp³-hybridized carbons (Fsp3) is 0.312. The Morgan fingerprint density at radius 2 is 1.86 bits per heavy atom. The van der Waals surface area contributed by atoms with E-state index in [0.717, 1.165) is 6.42 Å². The summed E-state index contributed by atoms with van der Waals surface area (Å²) in [5.74, 6) is 0.923. The molecule has 1 amide bonds. The number of aromatic nitrogens is 2. The third-order valence-corrected chi connectivity index (χ3v) is 3.57. The number of methoxy groups -OCH3 is 1. The molecule has 1 unspecified atom stereocenters. The Morgan fingerprint density at radius 3 is 2.55 bits per heavy atom. The van der Waals surface area contributed by atoms with Crippen molar-refractivity contribution in [1.29, 1.82) is 0 Å². The van der Waals surface area contributed by atoms with Crippen LogP contribution in [-0.2, 0) is 0 Å². The van der Waals surface area contributed by atoms with Crippen LogP contribution >= 0.6 is 0 Å². The van der Waals surface area contributed by atoms with E-state index in [1.807, 2.05) is 30.3 Å². The van der Waals surface area contributed by atoms with E-state index in [2.05, 4.69) is 10.2 Å². The van der Waals surface area contributed by atoms with E-state index in [1.165, 1.54) is 7.11 Å². The Balaban J connectivity index is 1.59. The van der Waals surface area contributed by atoms with Crippen LogP contribution in [0.5, 0.6) is 11.8 Å². The minimum Gasteiger partial charge on any atom is -0.480 e. The van der Waals surface area contributed by atoms with Gasteiger partial charge in [-0.15, -0.1) is 10.2 Å². The van der Waals surface area contributed by atoms with Gasteiger partial charge in [-0.2, -0.15) is 0 Å². The van der Waals surface area contributed by atoms with Gasteiger partial charge in [0, 0.05) is 30.7 Å². The number of likely N-dealkylation sites (tertiary alicyclic amines) is 1. The highest BCUT2D eigenvalue weighted by atomic mass is 16.5. The molecule has 1 saturated heterocycles. The third kappa shape index (κ3) is 3.16. The van der Waals surface area contributed by atoms with Crippen LogP contribution in [0.3, 0.4) is 0 Å². The standard InChI is InChI=1S/C16H17N3O3/c1-21-14-7-8-15(18-17-14)22-13-9-10-19(11-13)16(20)12-5-3-2-4-6-12/h2-8,13H,9-11H2,1H3. The fourth-order valence-electron chi connectivity index (χ4n) is 2.42. The summed E-state index contributed by atoms with van der Waals surface area (Å²) < 4.78 is 10.7. The zero-order chi connectivity index (χ0) is 15.4. The highest BCUT2D eigenvalue weighted by Crippen LogP contribution is 2.19. The van der Waals surface area contributed by atoms with E-state index < -0.39 is 0 Å². The molecular weight excluding hydrogens is 282 g/mol. The first kappa shape index (κ1) is 14.3. The Morgan fingerprint density at radius 1 is 1.14 bits per heavy atom. The number of carbonyl (C=O) groups is 1. The Hall–Kier alpha value is -2.63. The van der Waals surface area contributed by atoms with Gasteiger partial charge < -0.3 is 14.4 Å². The maximum absolute atomic E-state index is 12.4. The number of ether oxygens (including phenoxy) is 2. The van der Waals surface area contributed by atoms with Crippen molar-refractivity contribution in [1.82, 2.24) is 15.1 Å². The lowest BCUT2D eigenvalue weighted by Gasteiger charge is -2.16. The van der Waals surface area contributed by atoms with E-state index in [-0.39, 0.29) is 12.0 Å². The second kappa shape index (κ2) is 6.43. The third-order valence-electron chi connectivity index (χ3n) is 3.57. The second-order valence-corrected chi connectivity index (χ2v) is 5.06. The van der Waals surface area contributed by atoms with Crippen molar-refractivity contribution in [3.63, 3.8) is 0 Å². The first-order valence-electron chi connectivity index (χ1n) is 7.15. The number of benzene rings is 1. The topological polar surface area (TPSA) is 64.6 Å². The van der Waals surface area contributed by atoms with Gasteiger partial charge in [0.05, 0.1) is 13.7 Å². The van der Waals surface area contributed by atoms with Gasteiger partial charge in [-0.25, -0.2) is 0 Å². The molecule has 1 fully saturated rings. The number of hydrogen-bond acceptors (Lipinski definition) is 5. The van der Waals surface area contributed by atoms with E-state index in [4.69, 9.17) is 9.47 Å². The molecule has 22 heavy (non-hydrogen) atoms. The second-order valence-electron chi connectivity index (χ2n) is 5.06. The van der Waals surface area contributed by atoms with Crippen LogP contribution in [-0.4, -0.2) is 47.3 Å². The summed E-state index contributed by atoms with van der Waals surface area (Å²) in [4.78, 5) is 14.2. The molecule has 6 heteroatoms. The average molecular weight is 299 g/mol. The van der Waals surface area contributed by atoms with E-state index in [1.54, 1.807) is 17.0 Å². The molecule has 0 radical (unpaired) electrons. The van der Waals surface area contributed by atoms with Gasteiger partial charge in [0.2, 0.25) is 11.8 Å². The lowest BCUT2D eigenvalue weighted by atomic mass is 10.2. The summed E-state index contributed by atoms with van der Waals surface area (Å²) >= 11 is 0. The number of nitrogens with zero attached hydrogens (tertiary/aromatic N) is 3. The summed E-state index contributed by atoms with van der Waals surface area (Å²) in [5.41, 5.74) is 0.701. The van der Waals surface area contributed by atoms with Gasteiger partial charge in [0.15, 0.2) is 0 Å². The first-order valence-corrected chi connectivity index (χ1v) is 7.15. The van der Waals surface area contributed by atoms with Crippen LogP contribution in [0.2, 0.25) is 0 Å².